The Balaban J connectivity index is 1.55. The molecule has 0 aliphatic heterocycles. The van der Waals surface area contributed by atoms with Gasteiger partial charge in [0.25, 0.3) is 5.91 Å². The van der Waals surface area contributed by atoms with E-state index >= 15 is 0 Å². The van der Waals surface area contributed by atoms with Crippen LogP contribution in [0.2, 0.25) is 0 Å². The van der Waals surface area contributed by atoms with Gasteiger partial charge in [0.05, 0.1) is 12.2 Å². The van der Waals surface area contributed by atoms with Crippen LogP contribution in [0, 0.1) is 0 Å². The Morgan fingerprint density at radius 3 is 1.83 bits per heavy atom. The second-order valence-corrected chi connectivity index (χ2v) is 10.9. The Morgan fingerprint density at radius 2 is 1.26 bits per heavy atom. The zero-order valence-electron chi connectivity index (χ0n) is 25.8. The molecule has 5 N–H and O–H groups in total. The maximum Gasteiger partial charge on any atom is 0.416 e. The molecule has 0 spiro atoms. The van der Waals surface area contributed by atoms with Gasteiger partial charge in [0.2, 0.25) is 11.8 Å². The summed E-state index contributed by atoms with van der Waals surface area (Å²) in [4.78, 5) is 40.5. The van der Waals surface area contributed by atoms with E-state index in [9.17, 15) is 27.6 Å². The first-order valence-electron chi connectivity index (χ1n) is 15.2. The SMILES string of the molecule is CCOc1ccc(C[C@@H](NC(=O)c2ccc(C(F)(F)F)cc2)C(=O)N[C@@H](Cc2ccccc2)C(=O)NCc2ccc(CN)cc2)cc1. The largest absolute Gasteiger partial charge is 0.494 e. The lowest BCUT2D eigenvalue weighted by Crippen LogP contribution is -2.55. The second kappa shape index (κ2) is 16.4. The summed E-state index contributed by atoms with van der Waals surface area (Å²) in [5.74, 6) is -1.18. The number of hydrogen-bond donors (Lipinski definition) is 4. The van der Waals surface area contributed by atoms with Crippen LogP contribution in [-0.2, 0) is 41.7 Å². The van der Waals surface area contributed by atoms with Gasteiger partial charge in [0, 0.05) is 31.5 Å². The molecule has 4 aromatic rings. The first-order chi connectivity index (χ1) is 22.5. The number of rotatable bonds is 14. The van der Waals surface area contributed by atoms with Crippen LogP contribution in [0.4, 0.5) is 13.2 Å². The molecule has 0 bridgehead atoms. The number of carbonyl (C=O) groups excluding carboxylic acids is 3. The summed E-state index contributed by atoms with van der Waals surface area (Å²) in [5, 5.41) is 8.33. The standard InChI is InChI=1S/C36H37F3N4O4/c1-2-47-30-18-12-25(13-19-30)21-32(42-33(44)28-14-16-29(17-15-28)36(37,38)39)35(46)43-31(20-24-6-4-3-5-7-24)34(45)41-23-27-10-8-26(22-40)9-11-27/h3-19,31-32H,2,20-23,40H2,1H3,(H,41,45)(H,42,44)(H,43,46)/t31-,32+/m0/s1. The Kier molecular flexibility index (Phi) is 12.1. The molecule has 246 valence electrons. The molecule has 0 heterocycles. The molecular weight excluding hydrogens is 609 g/mol. The number of nitrogens with one attached hydrogen (secondary N) is 3. The number of benzene rings is 4. The van der Waals surface area contributed by atoms with Gasteiger partial charge in [-0.3, -0.25) is 14.4 Å². The predicted molar refractivity (Wildman–Crippen MR) is 172 cm³/mol. The quantitative estimate of drug-likeness (QED) is 0.155. The van der Waals surface area contributed by atoms with E-state index in [0.717, 1.165) is 41.0 Å². The predicted octanol–water partition coefficient (Wildman–Crippen LogP) is 4.95. The van der Waals surface area contributed by atoms with Crippen molar-refractivity contribution in [2.24, 2.45) is 5.73 Å². The van der Waals surface area contributed by atoms with Crippen LogP contribution in [0.15, 0.2) is 103 Å². The highest BCUT2D eigenvalue weighted by Crippen LogP contribution is 2.29. The summed E-state index contributed by atoms with van der Waals surface area (Å²) >= 11 is 0. The highest BCUT2D eigenvalue weighted by atomic mass is 19.4. The molecule has 0 fully saturated rings. The van der Waals surface area contributed by atoms with Crippen LogP contribution >= 0.6 is 0 Å². The molecule has 0 aliphatic carbocycles. The van der Waals surface area contributed by atoms with Crippen LogP contribution in [0.3, 0.4) is 0 Å². The minimum atomic E-state index is -4.56. The van der Waals surface area contributed by atoms with Gasteiger partial charge in [-0.2, -0.15) is 13.2 Å². The Labute approximate surface area is 271 Å². The second-order valence-electron chi connectivity index (χ2n) is 10.9. The first-order valence-corrected chi connectivity index (χ1v) is 15.2. The van der Waals surface area contributed by atoms with Gasteiger partial charge >= 0.3 is 6.18 Å². The minimum absolute atomic E-state index is 0.0395. The van der Waals surface area contributed by atoms with E-state index in [2.05, 4.69) is 16.0 Å². The molecule has 0 saturated carbocycles. The van der Waals surface area contributed by atoms with Crippen LogP contribution in [0.5, 0.6) is 5.75 Å². The number of alkyl halides is 3. The molecular formula is C36H37F3N4O4. The summed E-state index contributed by atoms with van der Waals surface area (Å²) in [6, 6.07) is 25.1. The smallest absolute Gasteiger partial charge is 0.416 e. The molecule has 2 atom stereocenters. The fourth-order valence-electron chi connectivity index (χ4n) is 4.82. The Morgan fingerprint density at radius 1 is 0.702 bits per heavy atom. The van der Waals surface area contributed by atoms with Gasteiger partial charge in [0.15, 0.2) is 0 Å². The monoisotopic (exact) mass is 646 g/mol. The summed E-state index contributed by atoms with van der Waals surface area (Å²) < 4.78 is 44.7. The molecule has 4 aromatic carbocycles. The van der Waals surface area contributed by atoms with Gasteiger partial charge < -0.3 is 26.4 Å². The van der Waals surface area contributed by atoms with Crippen LogP contribution in [0.1, 0.15) is 45.1 Å². The summed E-state index contributed by atoms with van der Waals surface area (Å²) in [7, 11) is 0. The average Bonchev–Trinajstić information content (AvgIpc) is 3.07. The third-order valence-electron chi connectivity index (χ3n) is 7.41. The van der Waals surface area contributed by atoms with Crippen LogP contribution < -0.4 is 26.4 Å². The lowest BCUT2D eigenvalue weighted by Gasteiger charge is -2.24. The number of ether oxygens (including phenoxy) is 1. The van der Waals surface area contributed by atoms with Crippen LogP contribution in [-0.4, -0.2) is 36.4 Å². The molecule has 0 aliphatic rings. The van der Waals surface area contributed by atoms with Crippen molar-refractivity contribution in [1.29, 1.82) is 0 Å². The van der Waals surface area contributed by atoms with Crippen molar-refractivity contribution in [1.82, 2.24) is 16.0 Å². The van der Waals surface area contributed by atoms with E-state index in [1.807, 2.05) is 61.5 Å². The Bertz CT molecular complexity index is 1610. The zero-order valence-corrected chi connectivity index (χ0v) is 25.8. The number of amides is 3. The van der Waals surface area contributed by atoms with E-state index in [1.165, 1.54) is 0 Å². The maximum atomic E-state index is 13.8. The highest BCUT2D eigenvalue weighted by Gasteiger charge is 2.31. The number of hydrogen-bond acceptors (Lipinski definition) is 5. The fraction of sp³-hybridized carbons (Fsp3) is 0.250. The topological polar surface area (TPSA) is 123 Å². The van der Waals surface area contributed by atoms with Crippen molar-refractivity contribution >= 4 is 17.7 Å². The van der Waals surface area contributed by atoms with Crippen molar-refractivity contribution in [3.8, 4) is 5.75 Å². The fourth-order valence-corrected chi connectivity index (χ4v) is 4.82. The third kappa shape index (κ3) is 10.4. The third-order valence-corrected chi connectivity index (χ3v) is 7.41. The molecule has 0 saturated heterocycles. The number of halogens is 3. The lowest BCUT2D eigenvalue weighted by molar-refractivity contribution is -0.137. The average molecular weight is 647 g/mol. The summed E-state index contributed by atoms with van der Waals surface area (Å²) in [6.45, 7) is 2.93. The minimum Gasteiger partial charge on any atom is -0.494 e. The molecule has 0 radical (unpaired) electrons. The van der Waals surface area contributed by atoms with Crippen molar-refractivity contribution in [3.05, 3.63) is 137 Å². The highest BCUT2D eigenvalue weighted by molar-refractivity contribution is 5.98. The van der Waals surface area contributed by atoms with Crippen LogP contribution in [0.25, 0.3) is 0 Å². The van der Waals surface area contributed by atoms with Gasteiger partial charge in [-0.15, -0.1) is 0 Å². The Hall–Kier alpha value is -5.16. The van der Waals surface area contributed by atoms with Crippen molar-refractivity contribution in [2.45, 2.75) is 51.1 Å². The van der Waals surface area contributed by atoms with E-state index in [-0.39, 0.29) is 24.9 Å². The normalized spacial score (nSPS) is 12.4. The molecule has 11 heteroatoms. The zero-order chi connectivity index (χ0) is 33.8. The maximum absolute atomic E-state index is 13.8. The molecule has 0 aromatic heterocycles. The number of nitrogens with two attached hydrogens (primary N) is 1. The van der Waals surface area contributed by atoms with Crippen molar-refractivity contribution in [3.63, 3.8) is 0 Å². The lowest BCUT2D eigenvalue weighted by atomic mass is 10.0. The molecule has 8 nitrogen and oxygen atoms in total. The molecule has 47 heavy (non-hydrogen) atoms. The van der Waals surface area contributed by atoms with Gasteiger partial charge in [-0.1, -0.05) is 66.7 Å². The first kappa shape index (κ1) is 34.7. The van der Waals surface area contributed by atoms with Gasteiger partial charge in [-0.05, 0) is 65.6 Å². The van der Waals surface area contributed by atoms with E-state index in [1.54, 1.807) is 24.3 Å². The molecule has 3 amide bonds. The van der Waals surface area contributed by atoms with Gasteiger partial charge in [0.1, 0.15) is 17.8 Å². The summed E-state index contributed by atoms with van der Waals surface area (Å²) in [6.07, 6.45) is -4.35. The summed E-state index contributed by atoms with van der Waals surface area (Å²) in [5.41, 5.74) is 8.01. The van der Waals surface area contributed by atoms with Crippen molar-refractivity contribution in [2.75, 3.05) is 6.61 Å². The number of carbonyl (C=O) groups is 3. The molecule has 4 rings (SSSR count). The van der Waals surface area contributed by atoms with E-state index in [0.29, 0.717) is 24.5 Å². The van der Waals surface area contributed by atoms with Crippen molar-refractivity contribution < 1.29 is 32.3 Å². The van der Waals surface area contributed by atoms with Gasteiger partial charge in [-0.25, -0.2) is 0 Å². The van der Waals surface area contributed by atoms with E-state index in [4.69, 9.17) is 10.5 Å². The van der Waals surface area contributed by atoms with E-state index < -0.39 is 41.5 Å². The molecule has 0 unspecified atom stereocenters.